The van der Waals surface area contributed by atoms with Gasteiger partial charge in [0.2, 0.25) is 0 Å². The summed E-state index contributed by atoms with van der Waals surface area (Å²) in [6.07, 6.45) is 17.5. The summed E-state index contributed by atoms with van der Waals surface area (Å²) in [4.78, 5) is 11.6. The van der Waals surface area contributed by atoms with Crippen molar-refractivity contribution in [3.8, 4) is 0 Å². The molecule has 36 heavy (non-hydrogen) atoms. The number of hydrogen-bond donors (Lipinski definition) is 0. The number of methoxy groups -OCH3 is 1. The predicted octanol–water partition coefficient (Wildman–Crippen LogP) is 9.17. The number of hydrogen-bond acceptors (Lipinski definition) is 3. The zero-order chi connectivity index (χ0) is 26.7. The number of fused-ring (bicyclic) bond motifs is 1. The van der Waals surface area contributed by atoms with Gasteiger partial charge in [0.1, 0.15) is 0 Å². The third-order valence-electron chi connectivity index (χ3n) is 10.4. The molecule has 0 heterocycles. The molecule has 0 amide bonds. The normalized spacial score (nSPS) is 32.6. The Labute approximate surface area is 223 Å². The number of allylic oxidation sites excluding steroid dienone is 4. The van der Waals surface area contributed by atoms with Crippen molar-refractivity contribution in [2.45, 2.75) is 129 Å². The summed E-state index contributed by atoms with van der Waals surface area (Å²) in [6, 6.07) is 0. The van der Waals surface area contributed by atoms with E-state index in [1.165, 1.54) is 50.4 Å². The van der Waals surface area contributed by atoms with Crippen LogP contribution in [0.1, 0.15) is 105 Å². The number of ether oxygens (including phenoxy) is 1. The molecule has 0 aliphatic heterocycles. The Hall–Kier alpha value is -1.13. The Morgan fingerprint density at radius 1 is 1.19 bits per heavy atom. The molecule has 0 aromatic rings. The van der Waals surface area contributed by atoms with Gasteiger partial charge in [-0.2, -0.15) is 0 Å². The molecular weight excluding hydrogens is 460 g/mol. The minimum Gasteiger partial charge on any atom is -0.469 e. The maximum atomic E-state index is 11.6. The number of carbonyl (C=O) groups is 1. The van der Waals surface area contributed by atoms with Crippen molar-refractivity contribution < 1.29 is 14.0 Å². The number of esters is 1. The van der Waals surface area contributed by atoms with Crippen LogP contribution in [0.25, 0.3) is 0 Å². The summed E-state index contributed by atoms with van der Waals surface area (Å²) in [5, 5.41) is 0.245. The molecule has 0 spiro atoms. The highest BCUT2D eigenvalue weighted by atomic mass is 28.4. The van der Waals surface area contributed by atoms with Gasteiger partial charge in [-0.3, -0.25) is 4.79 Å². The van der Waals surface area contributed by atoms with E-state index < -0.39 is 8.32 Å². The summed E-state index contributed by atoms with van der Waals surface area (Å²) in [7, 11) is -0.272. The van der Waals surface area contributed by atoms with Crippen LogP contribution in [-0.4, -0.2) is 27.5 Å². The first-order valence-electron chi connectivity index (χ1n) is 14.6. The van der Waals surface area contributed by atoms with Crippen LogP contribution >= 0.6 is 0 Å². The van der Waals surface area contributed by atoms with Gasteiger partial charge >= 0.3 is 5.97 Å². The van der Waals surface area contributed by atoms with E-state index in [-0.39, 0.29) is 11.0 Å². The molecule has 0 saturated heterocycles. The summed E-state index contributed by atoms with van der Waals surface area (Å²) in [6.45, 7) is 21.1. The minimum atomic E-state index is -1.76. The molecule has 3 aliphatic rings. The first-order valence-corrected chi connectivity index (χ1v) is 17.5. The predicted molar refractivity (Wildman–Crippen MR) is 154 cm³/mol. The Kier molecular flexibility index (Phi) is 9.58. The quantitative estimate of drug-likeness (QED) is 0.239. The van der Waals surface area contributed by atoms with Crippen LogP contribution in [0.2, 0.25) is 18.1 Å². The smallest absolute Gasteiger partial charge is 0.305 e. The fourth-order valence-corrected chi connectivity index (χ4v) is 8.55. The van der Waals surface area contributed by atoms with E-state index in [1.54, 1.807) is 5.57 Å². The third kappa shape index (κ3) is 6.65. The average Bonchev–Trinajstić information content (AvgIpc) is 3.15. The van der Waals surface area contributed by atoms with Crippen LogP contribution in [0.15, 0.2) is 35.5 Å². The molecule has 0 aromatic heterocycles. The van der Waals surface area contributed by atoms with Crippen molar-refractivity contribution in [2.24, 2.45) is 23.2 Å². The van der Waals surface area contributed by atoms with Crippen molar-refractivity contribution in [1.29, 1.82) is 0 Å². The molecule has 3 fully saturated rings. The molecule has 0 radical (unpaired) electrons. The lowest BCUT2D eigenvalue weighted by atomic mass is 9.60. The molecule has 0 aromatic carbocycles. The molecule has 3 nitrogen and oxygen atoms in total. The van der Waals surface area contributed by atoms with Gasteiger partial charge in [-0.25, -0.2) is 0 Å². The number of carbonyl (C=O) groups excluding carboxylic acids is 1. The Morgan fingerprint density at radius 3 is 2.58 bits per heavy atom. The second kappa shape index (κ2) is 11.7. The maximum absolute atomic E-state index is 11.6. The van der Waals surface area contributed by atoms with Gasteiger partial charge in [-0.1, -0.05) is 64.5 Å². The molecule has 5 atom stereocenters. The molecular formula is C32H54O3Si. The van der Waals surface area contributed by atoms with E-state index in [2.05, 4.69) is 66.4 Å². The largest absolute Gasteiger partial charge is 0.469 e. The van der Waals surface area contributed by atoms with Gasteiger partial charge in [0.25, 0.3) is 0 Å². The molecule has 0 bridgehead atoms. The molecule has 0 unspecified atom stereocenters. The van der Waals surface area contributed by atoms with Crippen molar-refractivity contribution >= 4 is 14.3 Å². The maximum Gasteiger partial charge on any atom is 0.305 e. The zero-order valence-corrected chi connectivity index (χ0v) is 25.7. The topological polar surface area (TPSA) is 35.5 Å². The molecule has 204 valence electrons. The van der Waals surface area contributed by atoms with E-state index >= 15 is 0 Å². The zero-order valence-electron chi connectivity index (χ0n) is 24.7. The Bertz CT molecular complexity index is 861. The first kappa shape index (κ1) is 29.4. The van der Waals surface area contributed by atoms with Crippen LogP contribution in [-0.2, 0) is 14.0 Å². The van der Waals surface area contributed by atoms with Gasteiger partial charge in [0.05, 0.1) is 7.11 Å². The van der Waals surface area contributed by atoms with Crippen LogP contribution in [0.3, 0.4) is 0 Å². The van der Waals surface area contributed by atoms with E-state index in [9.17, 15) is 4.79 Å². The van der Waals surface area contributed by atoms with Crippen molar-refractivity contribution in [3.05, 3.63) is 35.5 Å². The van der Waals surface area contributed by atoms with Gasteiger partial charge in [-0.15, -0.1) is 0 Å². The summed E-state index contributed by atoms with van der Waals surface area (Å²) < 4.78 is 11.6. The second-order valence-corrected chi connectivity index (χ2v) is 18.6. The SMILES string of the molecule is C=C1CC[C@@H](O[Si](C)(C)C(C)(C)C)C/C1=C\C=C1/CCC[C@@]2(C)[C@@H]1CC[C@H]2[C@@H](C)CCCC(=O)OC. The van der Waals surface area contributed by atoms with Gasteiger partial charge in [0.15, 0.2) is 8.32 Å². The van der Waals surface area contributed by atoms with E-state index in [4.69, 9.17) is 9.16 Å². The van der Waals surface area contributed by atoms with E-state index in [0.717, 1.165) is 38.0 Å². The summed E-state index contributed by atoms with van der Waals surface area (Å²) in [5.41, 5.74) is 4.78. The average molecular weight is 515 g/mol. The van der Waals surface area contributed by atoms with Crippen molar-refractivity contribution in [2.75, 3.05) is 7.11 Å². The van der Waals surface area contributed by atoms with Gasteiger partial charge < -0.3 is 9.16 Å². The molecule has 0 N–H and O–H groups in total. The highest BCUT2D eigenvalue weighted by Crippen LogP contribution is 2.60. The number of rotatable bonds is 8. The van der Waals surface area contributed by atoms with E-state index in [0.29, 0.717) is 29.8 Å². The van der Waals surface area contributed by atoms with Gasteiger partial charge in [-0.05, 0) is 111 Å². The molecule has 3 aliphatic carbocycles. The lowest BCUT2D eigenvalue weighted by Crippen LogP contribution is -2.44. The van der Waals surface area contributed by atoms with Crippen molar-refractivity contribution in [3.63, 3.8) is 0 Å². The minimum absolute atomic E-state index is 0.0742. The fraction of sp³-hybridized carbons (Fsp3) is 0.781. The van der Waals surface area contributed by atoms with Crippen LogP contribution in [0, 0.1) is 23.2 Å². The van der Waals surface area contributed by atoms with Crippen LogP contribution in [0.5, 0.6) is 0 Å². The van der Waals surface area contributed by atoms with E-state index in [1.807, 2.05) is 0 Å². The molecule has 3 rings (SSSR count). The highest BCUT2D eigenvalue weighted by Gasteiger charge is 2.50. The molecule has 3 saturated carbocycles. The first-order chi connectivity index (χ1) is 16.8. The second-order valence-electron chi connectivity index (χ2n) is 13.8. The van der Waals surface area contributed by atoms with Crippen LogP contribution < -0.4 is 0 Å². The van der Waals surface area contributed by atoms with Gasteiger partial charge in [0, 0.05) is 12.5 Å². The Balaban J connectivity index is 1.68. The lowest BCUT2D eigenvalue weighted by Gasteiger charge is -2.44. The molecule has 4 heteroatoms. The third-order valence-corrected chi connectivity index (χ3v) is 15.0. The monoisotopic (exact) mass is 514 g/mol. The highest BCUT2D eigenvalue weighted by molar-refractivity contribution is 6.74. The fourth-order valence-electron chi connectivity index (χ4n) is 7.16. The van der Waals surface area contributed by atoms with Crippen LogP contribution in [0.4, 0.5) is 0 Å². The Morgan fingerprint density at radius 2 is 1.92 bits per heavy atom. The summed E-state index contributed by atoms with van der Waals surface area (Å²) >= 11 is 0. The summed E-state index contributed by atoms with van der Waals surface area (Å²) in [5.74, 6) is 2.04. The standard InChI is InChI=1S/C32H54O3Si/c1-23-15-18-27(35-36(8,9)31(3,4)5)22-26(23)17-16-25-13-11-21-32(6)28(19-20-29(25)32)24(2)12-10-14-30(33)34-7/h16-17,24,27-29H,1,10-15,18-22H2,2-9H3/b25-16+,26-17+/t24-,27+,28-,29+,32+/m0/s1. The lowest BCUT2D eigenvalue weighted by molar-refractivity contribution is -0.140. The van der Waals surface area contributed by atoms with Crippen molar-refractivity contribution in [1.82, 2.24) is 0 Å².